The van der Waals surface area contributed by atoms with E-state index in [1.807, 2.05) is 12.2 Å². The molecule has 1 aromatic rings. The molecule has 1 aromatic carbocycles. The summed E-state index contributed by atoms with van der Waals surface area (Å²) in [5.74, 6) is -6.16. The molecule has 1 aliphatic carbocycles. The summed E-state index contributed by atoms with van der Waals surface area (Å²) in [6.07, 6.45) is 6.69. The van der Waals surface area contributed by atoms with Crippen LogP contribution in [0.5, 0.6) is 0 Å². The molecule has 0 aliphatic heterocycles. The van der Waals surface area contributed by atoms with Crippen LogP contribution in [0.1, 0.15) is 94.3 Å². The molecule has 0 bridgehead atoms. The second-order valence-corrected chi connectivity index (χ2v) is 10.0. The highest BCUT2D eigenvalue weighted by Crippen LogP contribution is 2.36. The molecular weight excluding hydrogens is 494 g/mol. The van der Waals surface area contributed by atoms with Crippen LogP contribution in [0.4, 0.5) is 8.78 Å². The second-order valence-electron chi connectivity index (χ2n) is 10.0. The molecule has 0 heterocycles. The van der Waals surface area contributed by atoms with Gasteiger partial charge in [0.05, 0.1) is 6.10 Å². The summed E-state index contributed by atoms with van der Waals surface area (Å²) in [5.41, 5.74) is 0.504. The van der Waals surface area contributed by atoms with Gasteiger partial charge in [0, 0.05) is 37.2 Å². The maximum atomic E-state index is 14.0. The predicted octanol–water partition coefficient (Wildman–Crippen LogP) is 6.05. The zero-order valence-electron chi connectivity index (χ0n) is 22.2. The van der Waals surface area contributed by atoms with E-state index in [4.69, 9.17) is 4.74 Å². The first-order valence-corrected chi connectivity index (χ1v) is 13.7. The fourth-order valence-electron chi connectivity index (χ4n) is 4.73. The Hall–Kier alpha value is -2.74. The van der Waals surface area contributed by atoms with E-state index in [1.165, 1.54) is 0 Å². The molecule has 2 rings (SSSR count). The highest BCUT2D eigenvalue weighted by atomic mass is 19.3. The number of ketones is 3. The van der Waals surface area contributed by atoms with Crippen LogP contribution in [0.3, 0.4) is 0 Å². The SMILES string of the molecule is CCCCC(F)(F)C(=O)CC[C@H]1[C@H](O)CC(=O)[C@@H]1C/C=C\CCCCCC(=O)OCC(=O)c1ccccc1. The quantitative estimate of drug-likeness (QED) is 0.107. The van der Waals surface area contributed by atoms with Gasteiger partial charge in [-0.05, 0) is 44.4 Å². The van der Waals surface area contributed by atoms with E-state index in [2.05, 4.69) is 0 Å². The second kappa shape index (κ2) is 16.3. The molecule has 6 nitrogen and oxygen atoms in total. The Balaban J connectivity index is 1.63. The molecular formula is C30H40F2O6. The molecule has 38 heavy (non-hydrogen) atoms. The lowest BCUT2D eigenvalue weighted by Gasteiger charge is -2.21. The number of hydrogen-bond acceptors (Lipinski definition) is 6. The van der Waals surface area contributed by atoms with E-state index >= 15 is 0 Å². The Labute approximate surface area is 223 Å². The molecule has 3 atom stereocenters. The van der Waals surface area contributed by atoms with Crippen molar-refractivity contribution in [3.05, 3.63) is 48.0 Å². The topological polar surface area (TPSA) is 97.7 Å². The highest BCUT2D eigenvalue weighted by Gasteiger charge is 2.43. The summed E-state index contributed by atoms with van der Waals surface area (Å²) >= 11 is 0. The van der Waals surface area contributed by atoms with E-state index in [0.29, 0.717) is 24.8 Å². The van der Waals surface area contributed by atoms with Crippen molar-refractivity contribution in [3.63, 3.8) is 0 Å². The van der Waals surface area contributed by atoms with Crippen molar-refractivity contribution in [3.8, 4) is 0 Å². The molecule has 210 valence electrons. The maximum absolute atomic E-state index is 14.0. The van der Waals surface area contributed by atoms with Gasteiger partial charge in [-0.2, -0.15) is 8.78 Å². The lowest BCUT2D eigenvalue weighted by atomic mass is 9.86. The Kier molecular flexibility index (Phi) is 13.5. The van der Waals surface area contributed by atoms with E-state index < -0.39 is 42.0 Å². The molecule has 0 saturated heterocycles. The van der Waals surface area contributed by atoms with Gasteiger partial charge in [0.2, 0.25) is 5.78 Å². The minimum absolute atomic E-state index is 0.00334. The third kappa shape index (κ3) is 10.6. The number of rotatable bonds is 18. The standard InChI is InChI=1S/C30H40F2O6/c1-2-3-19-30(31,32)28(36)18-17-24-23(25(33)20-26(24)34)15-11-6-4-5-7-12-16-29(37)38-21-27(35)22-13-9-8-10-14-22/h6,8-11,13-14,23-24,26,34H,2-5,7,12,15-21H2,1H3/b11-6-/t23-,24-,26-/m1/s1. The van der Waals surface area contributed by atoms with Gasteiger partial charge in [-0.15, -0.1) is 0 Å². The van der Waals surface area contributed by atoms with Crippen LogP contribution in [0.25, 0.3) is 0 Å². The number of esters is 1. The number of alkyl halides is 2. The molecule has 8 heteroatoms. The molecule has 0 unspecified atom stereocenters. The van der Waals surface area contributed by atoms with Crippen molar-refractivity contribution >= 4 is 23.3 Å². The minimum atomic E-state index is -3.35. The first-order valence-electron chi connectivity index (χ1n) is 13.7. The molecule has 1 N–H and O–H groups in total. The van der Waals surface area contributed by atoms with Gasteiger partial charge in [-0.3, -0.25) is 19.2 Å². The zero-order chi connectivity index (χ0) is 28.0. The van der Waals surface area contributed by atoms with Gasteiger partial charge in [0.1, 0.15) is 5.78 Å². The molecule has 1 fully saturated rings. The average Bonchev–Trinajstić information content (AvgIpc) is 3.17. The van der Waals surface area contributed by atoms with Crippen LogP contribution in [0.2, 0.25) is 0 Å². The van der Waals surface area contributed by atoms with Crippen LogP contribution in [-0.2, 0) is 19.1 Å². The lowest BCUT2D eigenvalue weighted by molar-refractivity contribution is -0.144. The fraction of sp³-hybridized carbons (Fsp3) is 0.600. The van der Waals surface area contributed by atoms with Crippen LogP contribution >= 0.6 is 0 Å². The summed E-state index contributed by atoms with van der Waals surface area (Å²) in [5, 5.41) is 10.3. The highest BCUT2D eigenvalue weighted by molar-refractivity contribution is 5.97. The van der Waals surface area contributed by atoms with Gasteiger partial charge < -0.3 is 9.84 Å². The zero-order valence-corrected chi connectivity index (χ0v) is 22.2. The monoisotopic (exact) mass is 534 g/mol. The molecule has 0 aromatic heterocycles. The van der Waals surface area contributed by atoms with Crippen molar-refractivity contribution in [2.75, 3.05) is 6.61 Å². The van der Waals surface area contributed by atoms with E-state index in [9.17, 15) is 33.1 Å². The minimum Gasteiger partial charge on any atom is -0.457 e. The number of allylic oxidation sites excluding steroid dienone is 2. The Morgan fingerprint density at radius 3 is 2.50 bits per heavy atom. The van der Waals surface area contributed by atoms with Crippen molar-refractivity contribution in [2.45, 2.75) is 96.0 Å². The molecule has 0 spiro atoms. The van der Waals surface area contributed by atoms with Gasteiger partial charge in [-0.1, -0.05) is 62.2 Å². The molecule has 1 aliphatic rings. The smallest absolute Gasteiger partial charge is 0.306 e. The number of carbonyl (C=O) groups is 4. The third-order valence-corrected chi connectivity index (χ3v) is 7.06. The Morgan fingerprint density at radius 1 is 1.05 bits per heavy atom. The first kappa shape index (κ1) is 31.5. The van der Waals surface area contributed by atoms with E-state index in [0.717, 1.165) is 19.3 Å². The van der Waals surface area contributed by atoms with Crippen LogP contribution < -0.4 is 0 Å². The van der Waals surface area contributed by atoms with E-state index in [1.54, 1.807) is 37.3 Å². The summed E-state index contributed by atoms with van der Waals surface area (Å²) < 4.78 is 33.0. The maximum Gasteiger partial charge on any atom is 0.306 e. The van der Waals surface area contributed by atoms with E-state index in [-0.39, 0.29) is 50.3 Å². The number of hydrogen-bond donors (Lipinski definition) is 1. The largest absolute Gasteiger partial charge is 0.457 e. The summed E-state index contributed by atoms with van der Waals surface area (Å²) in [7, 11) is 0. The van der Waals surface area contributed by atoms with Gasteiger partial charge >= 0.3 is 11.9 Å². The number of ether oxygens (including phenoxy) is 1. The number of Topliss-reactive ketones (excluding diaryl/α,β-unsaturated/α-hetero) is 3. The Bertz CT molecular complexity index is 943. The summed E-state index contributed by atoms with van der Waals surface area (Å²) in [4.78, 5) is 48.1. The normalized spacial score (nSPS) is 19.7. The average molecular weight is 535 g/mol. The summed E-state index contributed by atoms with van der Waals surface area (Å²) in [6, 6.07) is 8.65. The number of aliphatic hydroxyl groups is 1. The number of benzene rings is 1. The van der Waals surface area contributed by atoms with Gasteiger partial charge in [-0.25, -0.2) is 0 Å². The van der Waals surface area contributed by atoms with Gasteiger partial charge in [0.25, 0.3) is 0 Å². The molecule has 1 saturated carbocycles. The summed E-state index contributed by atoms with van der Waals surface area (Å²) in [6.45, 7) is 1.52. The molecule has 0 radical (unpaired) electrons. The van der Waals surface area contributed by atoms with Crippen LogP contribution in [-0.4, -0.2) is 47.1 Å². The van der Waals surface area contributed by atoms with Crippen molar-refractivity contribution in [1.82, 2.24) is 0 Å². The van der Waals surface area contributed by atoms with Crippen molar-refractivity contribution in [1.29, 1.82) is 0 Å². The lowest BCUT2D eigenvalue weighted by Crippen LogP contribution is -2.30. The number of aliphatic hydroxyl groups excluding tert-OH is 1. The first-order chi connectivity index (χ1) is 18.2. The predicted molar refractivity (Wildman–Crippen MR) is 140 cm³/mol. The van der Waals surface area contributed by atoms with Crippen LogP contribution in [0, 0.1) is 11.8 Å². The fourth-order valence-corrected chi connectivity index (χ4v) is 4.73. The van der Waals surface area contributed by atoms with Crippen molar-refractivity contribution in [2.24, 2.45) is 11.8 Å². The number of halogens is 2. The van der Waals surface area contributed by atoms with Gasteiger partial charge in [0.15, 0.2) is 12.4 Å². The number of carbonyl (C=O) groups excluding carboxylic acids is 4. The van der Waals surface area contributed by atoms with Crippen LogP contribution in [0.15, 0.2) is 42.5 Å². The Morgan fingerprint density at radius 2 is 1.79 bits per heavy atom. The third-order valence-electron chi connectivity index (χ3n) is 7.06. The molecule has 0 amide bonds. The van der Waals surface area contributed by atoms with Crippen molar-refractivity contribution < 1.29 is 37.8 Å². The number of unbranched alkanes of at least 4 members (excludes halogenated alkanes) is 4.